The van der Waals surface area contributed by atoms with Crippen LogP contribution in [0.25, 0.3) is 10.9 Å². The standard InChI is InChI=1S/C25H32N4OS/c1-16-7-8-22(18(3)11-16)26-25(31)29(10-9-28(5)6)15-21-14-20-13-17(2)12-19(4)23(20)27-24(21)30/h7-8,11-14H,9-10,15H2,1-6H3,(H,26,31)(H,27,30). The number of pyridine rings is 1. The molecule has 5 nitrogen and oxygen atoms in total. The molecule has 0 fully saturated rings. The Morgan fingerprint density at radius 3 is 2.35 bits per heavy atom. The molecule has 0 saturated carbocycles. The first-order valence-electron chi connectivity index (χ1n) is 10.5. The second kappa shape index (κ2) is 9.62. The van der Waals surface area contributed by atoms with E-state index in [2.05, 4.69) is 71.2 Å². The highest BCUT2D eigenvalue weighted by Crippen LogP contribution is 2.20. The quantitative estimate of drug-likeness (QED) is 0.557. The summed E-state index contributed by atoms with van der Waals surface area (Å²) in [5, 5.41) is 5.05. The molecule has 1 heterocycles. The number of hydrogen-bond donors (Lipinski definition) is 2. The fraction of sp³-hybridized carbons (Fsp3) is 0.360. The zero-order valence-electron chi connectivity index (χ0n) is 19.3. The zero-order chi connectivity index (χ0) is 22.7. The number of nitrogens with one attached hydrogen (secondary N) is 2. The Morgan fingerprint density at radius 1 is 0.968 bits per heavy atom. The van der Waals surface area contributed by atoms with E-state index in [0.29, 0.717) is 23.8 Å². The molecule has 0 aliphatic carbocycles. The van der Waals surface area contributed by atoms with Crippen LogP contribution in [0.5, 0.6) is 0 Å². The molecule has 6 heteroatoms. The number of aromatic nitrogens is 1. The number of aromatic amines is 1. The van der Waals surface area contributed by atoms with Crippen molar-refractivity contribution in [3.8, 4) is 0 Å². The van der Waals surface area contributed by atoms with E-state index in [4.69, 9.17) is 12.2 Å². The molecule has 2 aromatic carbocycles. The van der Waals surface area contributed by atoms with Gasteiger partial charge in [0.25, 0.3) is 5.56 Å². The minimum absolute atomic E-state index is 0.0661. The molecule has 164 valence electrons. The van der Waals surface area contributed by atoms with Crippen LogP contribution in [0.1, 0.15) is 27.8 Å². The fourth-order valence-corrected chi connectivity index (χ4v) is 4.04. The Balaban J connectivity index is 1.90. The largest absolute Gasteiger partial charge is 0.343 e. The molecule has 31 heavy (non-hydrogen) atoms. The molecule has 0 unspecified atom stereocenters. The molecule has 3 rings (SSSR count). The third-order valence-corrected chi connectivity index (χ3v) is 5.82. The lowest BCUT2D eigenvalue weighted by Crippen LogP contribution is -2.40. The van der Waals surface area contributed by atoms with Crippen LogP contribution in [0, 0.1) is 27.7 Å². The van der Waals surface area contributed by atoms with Crippen LogP contribution in [-0.2, 0) is 6.54 Å². The van der Waals surface area contributed by atoms with Gasteiger partial charge >= 0.3 is 0 Å². The molecule has 0 spiro atoms. The van der Waals surface area contributed by atoms with E-state index < -0.39 is 0 Å². The van der Waals surface area contributed by atoms with Gasteiger partial charge in [-0.25, -0.2) is 0 Å². The van der Waals surface area contributed by atoms with E-state index in [1.54, 1.807) is 0 Å². The Bertz CT molecular complexity index is 1170. The number of rotatable bonds is 6. The van der Waals surface area contributed by atoms with Gasteiger partial charge in [-0.05, 0) is 88.7 Å². The van der Waals surface area contributed by atoms with Gasteiger partial charge in [-0.2, -0.15) is 0 Å². The van der Waals surface area contributed by atoms with Gasteiger partial charge in [0.05, 0.1) is 12.1 Å². The number of likely N-dealkylation sites (N-methyl/N-ethyl adjacent to an activating group) is 1. The second-order valence-corrected chi connectivity index (χ2v) is 9.03. The van der Waals surface area contributed by atoms with Crippen molar-refractivity contribution in [3.63, 3.8) is 0 Å². The van der Waals surface area contributed by atoms with E-state index in [1.807, 2.05) is 27.1 Å². The van der Waals surface area contributed by atoms with Crippen LogP contribution in [0.2, 0.25) is 0 Å². The van der Waals surface area contributed by atoms with Gasteiger partial charge in [-0.3, -0.25) is 4.79 Å². The monoisotopic (exact) mass is 436 g/mol. The Hall–Kier alpha value is -2.70. The van der Waals surface area contributed by atoms with Crippen molar-refractivity contribution < 1.29 is 0 Å². The number of aryl methyl sites for hydroxylation is 4. The van der Waals surface area contributed by atoms with E-state index >= 15 is 0 Å². The number of benzene rings is 2. The van der Waals surface area contributed by atoms with Gasteiger partial charge in [0.1, 0.15) is 0 Å². The van der Waals surface area contributed by atoms with Crippen LogP contribution in [0.3, 0.4) is 0 Å². The molecule has 2 N–H and O–H groups in total. The SMILES string of the molecule is Cc1ccc(NC(=S)N(CCN(C)C)Cc2cc3cc(C)cc(C)c3[nH]c2=O)c(C)c1. The Morgan fingerprint density at radius 2 is 1.68 bits per heavy atom. The van der Waals surface area contributed by atoms with Crippen molar-refractivity contribution in [2.75, 3.05) is 32.5 Å². The molecule has 0 aliphatic heterocycles. The van der Waals surface area contributed by atoms with Crippen LogP contribution in [0.4, 0.5) is 5.69 Å². The smallest absolute Gasteiger partial charge is 0.253 e. The summed E-state index contributed by atoms with van der Waals surface area (Å²) in [5.74, 6) is 0. The van der Waals surface area contributed by atoms with E-state index in [0.717, 1.165) is 34.3 Å². The van der Waals surface area contributed by atoms with Crippen LogP contribution < -0.4 is 10.9 Å². The van der Waals surface area contributed by atoms with Crippen LogP contribution in [-0.4, -0.2) is 47.1 Å². The van der Waals surface area contributed by atoms with E-state index in [9.17, 15) is 4.79 Å². The van der Waals surface area contributed by atoms with Crippen LogP contribution >= 0.6 is 12.2 Å². The van der Waals surface area contributed by atoms with Gasteiger partial charge in [0.15, 0.2) is 5.11 Å². The molecular weight excluding hydrogens is 404 g/mol. The number of H-pyrrole nitrogens is 1. The number of nitrogens with zero attached hydrogens (tertiary/aromatic N) is 2. The summed E-state index contributed by atoms with van der Waals surface area (Å²) in [7, 11) is 4.07. The minimum Gasteiger partial charge on any atom is -0.343 e. The summed E-state index contributed by atoms with van der Waals surface area (Å²) in [4.78, 5) is 20.1. The summed E-state index contributed by atoms with van der Waals surface area (Å²) in [6.45, 7) is 10.2. The molecular formula is C25H32N4OS. The molecule has 0 bridgehead atoms. The lowest BCUT2D eigenvalue weighted by molar-refractivity contribution is 0.327. The summed E-state index contributed by atoms with van der Waals surface area (Å²) in [5.41, 5.74) is 7.15. The van der Waals surface area contributed by atoms with Crippen molar-refractivity contribution >= 4 is 33.9 Å². The Kier molecular flexibility index (Phi) is 7.13. The number of hydrogen-bond acceptors (Lipinski definition) is 3. The van der Waals surface area contributed by atoms with Gasteiger partial charge < -0.3 is 20.1 Å². The topological polar surface area (TPSA) is 51.4 Å². The lowest BCUT2D eigenvalue weighted by Gasteiger charge is -2.27. The van der Waals surface area contributed by atoms with Crippen molar-refractivity contribution in [3.05, 3.63) is 74.6 Å². The maximum absolute atomic E-state index is 12.9. The highest BCUT2D eigenvalue weighted by Gasteiger charge is 2.15. The maximum atomic E-state index is 12.9. The Labute approximate surface area is 190 Å². The second-order valence-electron chi connectivity index (χ2n) is 8.64. The van der Waals surface area contributed by atoms with Crippen molar-refractivity contribution in [2.45, 2.75) is 34.2 Å². The minimum atomic E-state index is -0.0661. The van der Waals surface area contributed by atoms with Crippen molar-refractivity contribution in [2.24, 2.45) is 0 Å². The predicted octanol–water partition coefficient (Wildman–Crippen LogP) is 4.52. The average molecular weight is 437 g/mol. The molecule has 1 aromatic heterocycles. The molecule has 0 atom stereocenters. The lowest BCUT2D eigenvalue weighted by atomic mass is 10.1. The summed E-state index contributed by atoms with van der Waals surface area (Å²) >= 11 is 5.77. The molecule has 0 aliphatic rings. The highest BCUT2D eigenvalue weighted by molar-refractivity contribution is 7.80. The maximum Gasteiger partial charge on any atom is 0.253 e. The van der Waals surface area contributed by atoms with Crippen molar-refractivity contribution in [1.82, 2.24) is 14.8 Å². The number of thiocarbonyl (C=S) groups is 1. The van der Waals surface area contributed by atoms with Gasteiger partial charge in [0, 0.05) is 24.3 Å². The molecule has 0 radical (unpaired) electrons. The zero-order valence-corrected chi connectivity index (χ0v) is 20.1. The fourth-order valence-electron chi connectivity index (χ4n) is 3.78. The third-order valence-electron chi connectivity index (χ3n) is 5.46. The van der Waals surface area contributed by atoms with Gasteiger partial charge in [0.2, 0.25) is 0 Å². The molecule has 3 aromatic rings. The summed E-state index contributed by atoms with van der Waals surface area (Å²) in [6.07, 6.45) is 0. The predicted molar refractivity (Wildman–Crippen MR) is 135 cm³/mol. The first-order valence-corrected chi connectivity index (χ1v) is 11.0. The first kappa shape index (κ1) is 23.0. The van der Waals surface area contributed by atoms with Crippen LogP contribution in [0.15, 0.2) is 41.2 Å². The molecule has 0 saturated heterocycles. The van der Waals surface area contributed by atoms with Gasteiger partial charge in [-0.1, -0.05) is 29.3 Å². The first-order chi connectivity index (χ1) is 14.6. The average Bonchev–Trinajstić information content (AvgIpc) is 2.68. The van der Waals surface area contributed by atoms with Gasteiger partial charge in [-0.15, -0.1) is 0 Å². The number of anilines is 1. The number of fused-ring (bicyclic) bond motifs is 1. The summed E-state index contributed by atoms with van der Waals surface area (Å²) in [6, 6.07) is 12.4. The summed E-state index contributed by atoms with van der Waals surface area (Å²) < 4.78 is 0. The van der Waals surface area contributed by atoms with E-state index in [-0.39, 0.29) is 5.56 Å². The normalized spacial score (nSPS) is 11.2. The van der Waals surface area contributed by atoms with E-state index in [1.165, 1.54) is 11.1 Å². The van der Waals surface area contributed by atoms with Crippen molar-refractivity contribution in [1.29, 1.82) is 0 Å². The molecule has 0 amide bonds. The third kappa shape index (κ3) is 5.71. The highest BCUT2D eigenvalue weighted by atomic mass is 32.1.